The number of methoxy groups -OCH3 is 1. The first-order valence-electron chi connectivity index (χ1n) is 5.36. The van der Waals surface area contributed by atoms with Crippen LogP contribution in [0.15, 0.2) is 28.9 Å². The Bertz CT molecular complexity index is 598. The summed E-state index contributed by atoms with van der Waals surface area (Å²) in [6.45, 7) is 1.88. The lowest BCUT2D eigenvalue weighted by Crippen LogP contribution is -2.12. The maximum Gasteiger partial charge on any atom is 0.343 e. The van der Waals surface area contributed by atoms with Gasteiger partial charge in [-0.25, -0.2) is 4.79 Å². The Hall–Kier alpha value is -1.62. The first-order chi connectivity index (χ1) is 8.61. The monoisotopic (exact) mass is 309 g/mol. The van der Waals surface area contributed by atoms with E-state index in [-0.39, 0.29) is 6.61 Å². The molecule has 0 radical (unpaired) electrons. The van der Waals surface area contributed by atoms with Crippen molar-refractivity contribution in [3.8, 4) is 5.75 Å². The topological polar surface area (TPSA) is 48.4 Å². The molecule has 0 bridgehead atoms. The average Bonchev–Trinajstić information content (AvgIpc) is 2.36. The number of ether oxygens (including phenoxy) is 2. The highest BCUT2D eigenvalue weighted by molar-refractivity contribution is 9.10. The summed E-state index contributed by atoms with van der Waals surface area (Å²) >= 11 is 3.47. The summed E-state index contributed by atoms with van der Waals surface area (Å²) in [6, 6.07) is 5.69. The number of aromatic nitrogens is 1. The van der Waals surface area contributed by atoms with Gasteiger partial charge in [0.15, 0.2) is 6.61 Å². The maximum absolute atomic E-state index is 11.1. The second-order valence-electron chi connectivity index (χ2n) is 3.82. The van der Waals surface area contributed by atoms with E-state index in [0.29, 0.717) is 5.75 Å². The van der Waals surface area contributed by atoms with E-state index < -0.39 is 5.97 Å². The van der Waals surface area contributed by atoms with Crippen molar-refractivity contribution in [2.45, 2.75) is 6.92 Å². The molecule has 0 aliphatic carbocycles. The first kappa shape index (κ1) is 12.8. The fourth-order valence-electron chi connectivity index (χ4n) is 1.64. The molecule has 2 aromatic rings. The third kappa shape index (κ3) is 2.61. The lowest BCUT2D eigenvalue weighted by atomic mass is 10.1. The van der Waals surface area contributed by atoms with E-state index in [1.807, 2.05) is 19.1 Å². The number of aryl methyl sites for hydroxylation is 1. The summed E-state index contributed by atoms with van der Waals surface area (Å²) in [7, 11) is 1.33. The van der Waals surface area contributed by atoms with E-state index in [1.54, 1.807) is 12.3 Å². The predicted molar refractivity (Wildman–Crippen MR) is 71.7 cm³/mol. The van der Waals surface area contributed by atoms with Crippen molar-refractivity contribution in [3.63, 3.8) is 0 Å². The molecule has 0 atom stereocenters. The molecule has 0 saturated heterocycles. The highest BCUT2D eigenvalue weighted by atomic mass is 79.9. The molecule has 0 aliphatic rings. The van der Waals surface area contributed by atoms with Gasteiger partial charge in [-0.1, -0.05) is 0 Å². The van der Waals surface area contributed by atoms with E-state index in [9.17, 15) is 4.79 Å². The summed E-state index contributed by atoms with van der Waals surface area (Å²) in [5.41, 5.74) is 1.90. The number of nitrogens with zero attached hydrogens (tertiary/aromatic N) is 1. The highest BCUT2D eigenvalue weighted by Crippen LogP contribution is 2.30. The molecule has 0 spiro atoms. The predicted octanol–water partition coefficient (Wildman–Crippen LogP) is 2.86. The van der Waals surface area contributed by atoms with Crippen LogP contribution in [0.25, 0.3) is 10.9 Å². The zero-order chi connectivity index (χ0) is 13.1. The smallest absolute Gasteiger partial charge is 0.343 e. The van der Waals surface area contributed by atoms with Crippen molar-refractivity contribution in [2.75, 3.05) is 13.7 Å². The molecule has 5 heteroatoms. The molecule has 2 rings (SSSR count). The van der Waals surface area contributed by atoms with Gasteiger partial charge >= 0.3 is 5.97 Å². The summed E-state index contributed by atoms with van der Waals surface area (Å²) in [5, 5.41) is 0.869. The Kier molecular flexibility index (Phi) is 3.81. The van der Waals surface area contributed by atoms with Crippen LogP contribution in [0.4, 0.5) is 0 Å². The maximum atomic E-state index is 11.1. The van der Waals surface area contributed by atoms with Crippen LogP contribution in [0.3, 0.4) is 0 Å². The van der Waals surface area contributed by atoms with Crippen LogP contribution >= 0.6 is 15.9 Å². The van der Waals surface area contributed by atoms with Gasteiger partial charge in [0.2, 0.25) is 0 Å². The summed E-state index contributed by atoms with van der Waals surface area (Å²) in [5.74, 6) is 0.210. The molecular weight excluding hydrogens is 298 g/mol. The van der Waals surface area contributed by atoms with E-state index in [0.717, 1.165) is 20.9 Å². The molecule has 0 amide bonds. The molecule has 0 saturated carbocycles. The summed E-state index contributed by atoms with van der Waals surface area (Å²) in [4.78, 5) is 15.4. The fourth-order valence-corrected chi connectivity index (χ4v) is 2.32. The molecule has 18 heavy (non-hydrogen) atoms. The van der Waals surface area contributed by atoms with Crippen LogP contribution in [-0.4, -0.2) is 24.7 Å². The van der Waals surface area contributed by atoms with Gasteiger partial charge in [0, 0.05) is 16.1 Å². The van der Waals surface area contributed by atoms with Gasteiger partial charge in [-0.05, 0) is 46.6 Å². The van der Waals surface area contributed by atoms with Crippen molar-refractivity contribution in [1.29, 1.82) is 0 Å². The normalized spacial score (nSPS) is 10.4. The minimum atomic E-state index is -0.410. The second-order valence-corrected chi connectivity index (χ2v) is 4.67. The SMILES string of the molecule is COC(=O)COc1ccnc2c(Br)cc(C)cc12. The van der Waals surface area contributed by atoms with Gasteiger partial charge in [0.05, 0.1) is 12.6 Å². The molecule has 0 fully saturated rings. The van der Waals surface area contributed by atoms with Gasteiger partial charge in [0.1, 0.15) is 5.75 Å². The lowest BCUT2D eigenvalue weighted by molar-refractivity contribution is -0.142. The van der Waals surface area contributed by atoms with Crippen molar-refractivity contribution in [1.82, 2.24) is 4.98 Å². The number of hydrogen-bond donors (Lipinski definition) is 0. The molecular formula is C13H12BrNO3. The van der Waals surface area contributed by atoms with Gasteiger partial charge < -0.3 is 9.47 Å². The van der Waals surface area contributed by atoms with E-state index in [1.165, 1.54) is 7.11 Å². The average molecular weight is 310 g/mol. The number of carbonyl (C=O) groups excluding carboxylic acids is 1. The number of fused-ring (bicyclic) bond motifs is 1. The minimum absolute atomic E-state index is 0.110. The molecule has 0 aliphatic heterocycles. The number of esters is 1. The fraction of sp³-hybridized carbons (Fsp3) is 0.231. The Balaban J connectivity index is 2.41. The Morgan fingerprint density at radius 2 is 2.22 bits per heavy atom. The quantitative estimate of drug-likeness (QED) is 0.818. The Labute approximate surface area is 113 Å². The largest absolute Gasteiger partial charge is 0.481 e. The van der Waals surface area contributed by atoms with Crippen LogP contribution in [0.2, 0.25) is 0 Å². The minimum Gasteiger partial charge on any atom is -0.481 e. The first-order valence-corrected chi connectivity index (χ1v) is 6.15. The van der Waals surface area contributed by atoms with Crippen LogP contribution in [0.5, 0.6) is 5.75 Å². The van der Waals surface area contributed by atoms with Crippen molar-refractivity contribution in [2.24, 2.45) is 0 Å². The molecule has 0 N–H and O–H groups in total. The Morgan fingerprint density at radius 1 is 1.44 bits per heavy atom. The van der Waals surface area contributed by atoms with E-state index in [4.69, 9.17) is 4.74 Å². The van der Waals surface area contributed by atoms with Crippen molar-refractivity contribution < 1.29 is 14.3 Å². The number of halogens is 1. The number of hydrogen-bond acceptors (Lipinski definition) is 4. The van der Waals surface area contributed by atoms with Crippen molar-refractivity contribution >= 4 is 32.8 Å². The summed E-state index contributed by atoms with van der Waals surface area (Å²) < 4.78 is 10.9. The van der Waals surface area contributed by atoms with Gasteiger partial charge in [-0.2, -0.15) is 0 Å². The van der Waals surface area contributed by atoms with Gasteiger partial charge in [-0.3, -0.25) is 4.98 Å². The molecule has 4 nitrogen and oxygen atoms in total. The number of carbonyl (C=O) groups is 1. The third-order valence-electron chi connectivity index (χ3n) is 2.48. The standard InChI is InChI=1S/C13H12BrNO3/c1-8-5-9-11(18-7-12(16)17-2)3-4-15-13(9)10(14)6-8/h3-6H,7H2,1-2H3. The highest BCUT2D eigenvalue weighted by Gasteiger charge is 2.09. The van der Waals surface area contributed by atoms with Crippen LogP contribution < -0.4 is 4.74 Å². The van der Waals surface area contributed by atoms with Crippen molar-refractivity contribution in [3.05, 3.63) is 34.4 Å². The third-order valence-corrected chi connectivity index (χ3v) is 3.08. The summed E-state index contributed by atoms with van der Waals surface area (Å²) in [6.07, 6.45) is 1.65. The van der Waals surface area contributed by atoms with E-state index in [2.05, 4.69) is 25.7 Å². The van der Waals surface area contributed by atoms with E-state index >= 15 is 0 Å². The second kappa shape index (κ2) is 5.35. The molecule has 94 valence electrons. The van der Waals surface area contributed by atoms with Crippen LogP contribution in [0, 0.1) is 6.92 Å². The Morgan fingerprint density at radius 3 is 2.94 bits per heavy atom. The number of rotatable bonds is 3. The van der Waals surface area contributed by atoms with Crippen LogP contribution in [-0.2, 0) is 9.53 Å². The van der Waals surface area contributed by atoms with Gasteiger partial charge in [-0.15, -0.1) is 0 Å². The zero-order valence-electron chi connectivity index (χ0n) is 10.1. The number of benzene rings is 1. The lowest BCUT2D eigenvalue weighted by Gasteiger charge is -2.09. The van der Waals surface area contributed by atoms with Gasteiger partial charge in [0.25, 0.3) is 0 Å². The van der Waals surface area contributed by atoms with Crippen LogP contribution in [0.1, 0.15) is 5.56 Å². The zero-order valence-corrected chi connectivity index (χ0v) is 11.7. The molecule has 0 unspecified atom stereocenters. The molecule has 1 aromatic heterocycles. The number of pyridine rings is 1. The molecule has 1 aromatic carbocycles. The molecule has 1 heterocycles.